The highest BCUT2D eigenvalue weighted by molar-refractivity contribution is 6.23. The summed E-state index contributed by atoms with van der Waals surface area (Å²) in [6, 6.07) is 42.2. The average Bonchev–Trinajstić information content (AvgIpc) is 3.52. The number of hydrogen-bond acceptors (Lipinski definition) is 6. The summed E-state index contributed by atoms with van der Waals surface area (Å²) < 4.78 is 6.46. The van der Waals surface area contributed by atoms with Crippen molar-refractivity contribution in [2.75, 3.05) is 0 Å². The van der Waals surface area contributed by atoms with E-state index in [0.29, 0.717) is 16.3 Å². The fourth-order valence-corrected chi connectivity index (χ4v) is 7.27. The zero-order chi connectivity index (χ0) is 32.7. The molecule has 0 saturated heterocycles. The maximum Gasteiger partial charge on any atom is 0.208 e. The van der Waals surface area contributed by atoms with Crippen molar-refractivity contribution < 1.29 is 29.9 Å². The van der Waals surface area contributed by atoms with E-state index in [-0.39, 0.29) is 5.56 Å². The predicted molar refractivity (Wildman–Crippen MR) is 191 cm³/mol. The summed E-state index contributed by atoms with van der Waals surface area (Å²) in [6.45, 7) is 0. The highest BCUT2D eigenvalue weighted by Gasteiger charge is 2.28. The third kappa shape index (κ3) is 3.80. The molecule has 48 heavy (non-hydrogen) atoms. The van der Waals surface area contributed by atoms with Crippen LogP contribution in [0.1, 0.15) is 0 Å². The van der Waals surface area contributed by atoms with Gasteiger partial charge in [0.1, 0.15) is 11.2 Å². The topological polar surface area (TPSA) is 114 Å². The largest absolute Gasteiger partial charge is 0.504 e. The number of furan rings is 1. The molecule has 0 fully saturated rings. The van der Waals surface area contributed by atoms with Crippen LogP contribution in [0, 0.1) is 0 Å². The van der Waals surface area contributed by atoms with Gasteiger partial charge in [-0.3, -0.25) is 0 Å². The first-order chi connectivity index (χ1) is 23.4. The van der Waals surface area contributed by atoms with Gasteiger partial charge in [-0.25, -0.2) is 0 Å². The summed E-state index contributed by atoms with van der Waals surface area (Å²) in [5.74, 6) is -4.30. The van der Waals surface area contributed by atoms with Gasteiger partial charge in [0.25, 0.3) is 0 Å². The van der Waals surface area contributed by atoms with Crippen LogP contribution in [0.4, 0.5) is 0 Å². The van der Waals surface area contributed by atoms with Gasteiger partial charge in [0, 0.05) is 21.7 Å². The Hall–Kier alpha value is -6.66. The number of benzene rings is 8. The average molecular weight is 627 g/mol. The SMILES string of the molecule is Oc1c(O)c(O)c(-c2c3ccccc3c(-c3cccc(-c4cccc5oc6c7ccccc7ccc6c45)c3)c3ccccc23)c(O)c1O. The highest BCUT2D eigenvalue weighted by atomic mass is 16.4. The van der Waals surface area contributed by atoms with E-state index in [9.17, 15) is 25.5 Å². The van der Waals surface area contributed by atoms with Gasteiger partial charge in [0.05, 0.1) is 5.56 Å². The monoisotopic (exact) mass is 626 g/mol. The molecule has 0 aliphatic carbocycles. The maximum absolute atomic E-state index is 11.0. The Bertz CT molecular complexity index is 2710. The Kier molecular flexibility index (Phi) is 5.86. The molecule has 230 valence electrons. The lowest BCUT2D eigenvalue weighted by molar-refractivity contribution is 0.330. The van der Waals surface area contributed by atoms with Crippen LogP contribution >= 0.6 is 0 Å². The Labute approximate surface area is 273 Å². The summed E-state index contributed by atoms with van der Waals surface area (Å²) in [4.78, 5) is 0. The minimum atomic E-state index is -0.996. The maximum atomic E-state index is 11.0. The Morgan fingerprint density at radius 2 is 0.917 bits per heavy atom. The lowest BCUT2D eigenvalue weighted by atomic mass is 9.84. The summed E-state index contributed by atoms with van der Waals surface area (Å²) in [5.41, 5.74) is 5.83. The molecule has 9 aromatic rings. The van der Waals surface area contributed by atoms with Crippen LogP contribution in [-0.4, -0.2) is 25.5 Å². The van der Waals surface area contributed by atoms with Crippen molar-refractivity contribution in [1.82, 2.24) is 0 Å². The van der Waals surface area contributed by atoms with Crippen molar-refractivity contribution in [2.24, 2.45) is 0 Å². The number of rotatable bonds is 3. The van der Waals surface area contributed by atoms with E-state index in [0.717, 1.165) is 65.7 Å². The number of phenolic OH excluding ortho intramolecular Hbond substituents is 5. The van der Waals surface area contributed by atoms with Gasteiger partial charge in [-0.05, 0) is 67.4 Å². The van der Waals surface area contributed by atoms with Gasteiger partial charge in [-0.2, -0.15) is 0 Å². The van der Waals surface area contributed by atoms with E-state index in [1.807, 2.05) is 78.9 Å². The fourth-order valence-electron chi connectivity index (χ4n) is 7.27. The molecule has 0 saturated carbocycles. The lowest BCUT2D eigenvalue weighted by Crippen LogP contribution is -1.92. The number of hydrogen-bond donors (Lipinski definition) is 5. The first-order valence-corrected chi connectivity index (χ1v) is 15.5. The third-order valence-electron chi connectivity index (χ3n) is 9.40. The van der Waals surface area contributed by atoms with E-state index >= 15 is 0 Å². The molecule has 0 aliphatic rings. The van der Waals surface area contributed by atoms with E-state index in [1.165, 1.54) is 0 Å². The van der Waals surface area contributed by atoms with Crippen LogP contribution < -0.4 is 0 Å². The second kappa shape index (κ2) is 10.2. The van der Waals surface area contributed by atoms with Gasteiger partial charge >= 0.3 is 0 Å². The van der Waals surface area contributed by atoms with Gasteiger partial charge in [0.15, 0.2) is 11.5 Å². The van der Waals surface area contributed by atoms with E-state index in [2.05, 4.69) is 48.5 Å². The molecule has 8 aromatic carbocycles. The first kappa shape index (κ1) is 27.6. The molecule has 0 bridgehead atoms. The highest BCUT2D eigenvalue weighted by Crippen LogP contribution is 2.57. The molecule has 0 atom stereocenters. The minimum absolute atomic E-state index is 0.179. The van der Waals surface area contributed by atoms with E-state index < -0.39 is 28.7 Å². The van der Waals surface area contributed by atoms with Crippen LogP contribution in [0.3, 0.4) is 0 Å². The van der Waals surface area contributed by atoms with Gasteiger partial charge < -0.3 is 29.9 Å². The molecule has 9 rings (SSSR count). The molecular weight excluding hydrogens is 600 g/mol. The number of phenols is 5. The van der Waals surface area contributed by atoms with Crippen LogP contribution in [0.2, 0.25) is 0 Å². The normalized spacial score (nSPS) is 11.8. The van der Waals surface area contributed by atoms with Crippen molar-refractivity contribution in [1.29, 1.82) is 0 Å². The Balaban J connectivity index is 1.33. The molecule has 0 amide bonds. The van der Waals surface area contributed by atoms with E-state index in [1.54, 1.807) is 0 Å². The molecule has 0 radical (unpaired) electrons. The molecule has 0 aliphatic heterocycles. The van der Waals surface area contributed by atoms with Crippen LogP contribution in [-0.2, 0) is 0 Å². The van der Waals surface area contributed by atoms with E-state index in [4.69, 9.17) is 4.42 Å². The smallest absolute Gasteiger partial charge is 0.208 e. The van der Waals surface area contributed by atoms with Crippen LogP contribution in [0.15, 0.2) is 132 Å². The molecule has 0 unspecified atom stereocenters. The van der Waals surface area contributed by atoms with Crippen molar-refractivity contribution in [2.45, 2.75) is 0 Å². The van der Waals surface area contributed by atoms with Gasteiger partial charge in [0.2, 0.25) is 17.2 Å². The minimum Gasteiger partial charge on any atom is -0.504 e. The molecule has 5 N–H and O–H groups in total. The zero-order valence-electron chi connectivity index (χ0n) is 25.3. The van der Waals surface area contributed by atoms with Crippen molar-refractivity contribution in [3.63, 3.8) is 0 Å². The van der Waals surface area contributed by atoms with Crippen LogP contribution in [0.25, 0.3) is 87.6 Å². The van der Waals surface area contributed by atoms with Crippen molar-refractivity contribution in [3.8, 4) is 62.1 Å². The Morgan fingerprint density at radius 1 is 0.375 bits per heavy atom. The molecule has 1 aromatic heterocycles. The third-order valence-corrected chi connectivity index (χ3v) is 9.40. The number of fused-ring (bicyclic) bond motifs is 7. The predicted octanol–water partition coefficient (Wildman–Crippen LogP) is 10.6. The zero-order valence-corrected chi connectivity index (χ0v) is 25.3. The summed E-state index contributed by atoms with van der Waals surface area (Å²) >= 11 is 0. The number of aromatic hydroxyl groups is 5. The summed E-state index contributed by atoms with van der Waals surface area (Å²) in [6.07, 6.45) is 0. The van der Waals surface area contributed by atoms with Gasteiger partial charge in [-0.15, -0.1) is 0 Å². The molecule has 6 nitrogen and oxygen atoms in total. The molecule has 1 heterocycles. The fraction of sp³-hybridized carbons (Fsp3) is 0. The van der Waals surface area contributed by atoms with Crippen molar-refractivity contribution >= 4 is 54.3 Å². The first-order valence-electron chi connectivity index (χ1n) is 15.5. The van der Waals surface area contributed by atoms with Crippen LogP contribution in [0.5, 0.6) is 28.7 Å². The second-order valence-electron chi connectivity index (χ2n) is 12.0. The molecule has 6 heteroatoms. The quantitative estimate of drug-likeness (QED) is 0.0757. The standard InChI is InChI=1S/C42H26O6/c43-37-36(38(44)40(46)41(47)39(37)45)35-29-15-5-3-13-27(29)33(28-14-4-6-16-30(28)35)24-11-7-10-23(21-24)25-17-8-18-32-34(25)31-20-19-22-9-1-2-12-26(22)42(31)48-32/h1-21,43-47H. The molecular formula is C42H26O6. The lowest BCUT2D eigenvalue weighted by Gasteiger charge is -2.20. The second-order valence-corrected chi connectivity index (χ2v) is 12.0. The summed E-state index contributed by atoms with van der Waals surface area (Å²) in [7, 11) is 0. The Morgan fingerprint density at radius 3 is 1.58 bits per heavy atom. The van der Waals surface area contributed by atoms with Gasteiger partial charge in [-0.1, -0.05) is 109 Å². The van der Waals surface area contributed by atoms with Crippen molar-refractivity contribution in [3.05, 3.63) is 127 Å². The molecule has 0 spiro atoms. The summed E-state index contributed by atoms with van der Waals surface area (Å²) in [5, 5.41) is 60.3.